The van der Waals surface area contributed by atoms with E-state index in [4.69, 9.17) is 4.74 Å². The van der Waals surface area contributed by atoms with Crippen LogP contribution in [0.4, 0.5) is 18.9 Å². The molecule has 0 radical (unpaired) electrons. The van der Waals surface area contributed by atoms with Gasteiger partial charge < -0.3 is 14.4 Å². The van der Waals surface area contributed by atoms with Crippen LogP contribution in [0.1, 0.15) is 16.7 Å². The monoisotopic (exact) mass is 566 g/mol. The van der Waals surface area contributed by atoms with E-state index in [0.29, 0.717) is 11.5 Å². The van der Waals surface area contributed by atoms with E-state index in [1.807, 2.05) is 36.4 Å². The van der Waals surface area contributed by atoms with Crippen LogP contribution >= 0.6 is 11.8 Å². The number of anilines is 1. The molecule has 1 aromatic heterocycles. The summed E-state index contributed by atoms with van der Waals surface area (Å²) < 4.78 is 47.9. The molecule has 0 N–H and O–H groups in total. The third kappa shape index (κ3) is 6.28. The Hall–Kier alpha value is -4.32. The van der Waals surface area contributed by atoms with Crippen molar-refractivity contribution in [3.8, 4) is 28.6 Å². The van der Waals surface area contributed by atoms with Crippen LogP contribution < -0.4 is 14.4 Å². The lowest BCUT2D eigenvalue weighted by molar-refractivity contribution is -0.274. The quantitative estimate of drug-likeness (QED) is 0.190. The highest BCUT2D eigenvalue weighted by Gasteiger charge is 2.31. The number of aryl methyl sites for hydroxylation is 2. The van der Waals surface area contributed by atoms with E-state index in [0.717, 1.165) is 51.2 Å². The minimum Gasteiger partial charge on any atom is -0.497 e. The number of benzene rings is 3. The van der Waals surface area contributed by atoms with Gasteiger partial charge in [-0.1, -0.05) is 36.0 Å². The normalized spacial score (nSPS) is 14.8. The van der Waals surface area contributed by atoms with Crippen molar-refractivity contribution in [1.82, 2.24) is 14.8 Å². The first-order chi connectivity index (χ1) is 19.2. The van der Waals surface area contributed by atoms with Crippen molar-refractivity contribution in [3.63, 3.8) is 0 Å². The van der Waals surface area contributed by atoms with Gasteiger partial charge in [0.15, 0.2) is 11.0 Å². The van der Waals surface area contributed by atoms with Gasteiger partial charge in [-0.15, -0.1) is 23.4 Å². The highest BCUT2D eigenvalue weighted by molar-refractivity contribution is 8.14. The van der Waals surface area contributed by atoms with Gasteiger partial charge in [0, 0.05) is 23.5 Å². The molecular formula is C28H25F3N6O2S. The zero-order chi connectivity index (χ0) is 28.3. The van der Waals surface area contributed by atoms with Crippen molar-refractivity contribution >= 4 is 28.8 Å². The van der Waals surface area contributed by atoms with Crippen molar-refractivity contribution in [2.45, 2.75) is 20.2 Å². The average Bonchev–Trinajstić information content (AvgIpc) is 3.59. The zero-order valence-electron chi connectivity index (χ0n) is 21.9. The summed E-state index contributed by atoms with van der Waals surface area (Å²) in [7, 11) is 1.67. The van der Waals surface area contributed by atoms with E-state index < -0.39 is 6.36 Å². The molecule has 206 valence electrons. The predicted octanol–water partition coefficient (Wildman–Crippen LogP) is 6.40. The molecule has 1 saturated heterocycles. The maximum absolute atomic E-state index is 12.4. The number of halogens is 3. The van der Waals surface area contributed by atoms with Gasteiger partial charge in [0.25, 0.3) is 0 Å². The smallest absolute Gasteiger partial charge is 0.497 e. The molecule has 1 fully saturated rings. The SMILES string of the molecule is COc1cc(C)c(N2CCSC2=NN=Cc2ccc(-c3ncn(-c4ccc(OC(F)(F)F)cc4)n3)cc2)c(C)c1. The van der Waals surface area contributed by atoms with Crippen molar-refractivity contribution < 1.29 is 22.6 Å². The summed E-state index contributed by atoms with van der Waals surface area (Å²) in [6, 6.07) is 17.0. The molecule has 0 bridgehead atoms. The first-order valence-electron chi connectivity index (χ1n) is 12.2. The zero-order valence-corrected chi connectivity index (χ0v) is 22.7. The lowest BCUT2D eigenvalue weighted by Crippen LogP contribution is -2.25. The third-order valence-corrected chi connectivity index (χ3v) is 7.04. The summed E-state index contributed by atoms with van der Waals surface area (Å²) in [5.74, 6) is 1.94. The Morgan fingerprint density at radius 3 is 2.33 bits per heavy atom. The molecule has 8 nitrogen and oxygen atoms in total. The molecule has 0 amide bonds. The van der Waals surface area contributed by atoms with Crippen molar-refractivity contribution in [2.24, 2.45) is 10.2 Å². The highest BCUT2D eigenvalue weighted by Crippen LogP contribution is 2.34. The number of hydrogen-bond donors (Lipinski definition) is 0. The number of amidine groups is 1. The number of aromatic nitrogens is 3. The number of nitrogens with zero attached hydrogens (tertiary/aromatic N) is 6. The van der Waals surface area contributed by atoms with Crippen LogP contribution in [-0.2, 0) is 0 Å². The van der Waals surface area contributed by atoms with E-state index in [9.17, 15) is 13.2 Å². The first-order valence-corrected chi connectivity index (χ1v) is 13.2. The van der Waals surface area contributed by atoms with Crippen LogP contribution in [0.3, 0.4) is 0 Å². The molecule has 3 aromatic carbocycles. The van der Waals surface area contributed by atoms with Gasteiger partial charge in [-0.25, -0.2) is 9.67 Å². The molecule has 1 aliphatic rings. The standard InChI is InChI=1S/C28H25F3N6O2S/c1-18-14-24(38-3)15-19(2)25(18)36-12-13-40-27(36)34-33-16-20-4-6-21(7-5-20)26-32-17-37(35-26)22-8-10-23(11-9-22)39-28(29,30)31/h4-11,14-17H,12-13H2,1-3H3. The third-order valence-electron chi connectivity index (χ3n) is 6.09. The van der Waals surface area contributed by atoms with Crippen molar-refractivity contribution in [3.05, 3.63) is 83.7 Å². The second-order valence-electron chi connectivity index (χ2n) is 8.91. The van der Waals surface area contributed by atoms with Gasteiger partial charge in [-0.05, 0) is 66.9 Å². The molecule has 1 aliphatic heterocycles. The van der Waals surface area contributed by atoms with Crippen LogP contribution in [-0.4, -0.2) is 51.9 Å². The van der Waals surface area contributed by atoms with E-state index in [1.54, 1.807) is 25.1 Å². The highest BCUT2D eigenvalue weighted by atomic mass is 32.2. The molecule has 0 spiro atoms. The Labute approximate surface area is 233 Å². The molecule has 0 aliphatic carbocycles. The number of hydrogen-bond acceptors (Lipinski definition) is 7. The average molecular weight is 567 g/mol. The maximum atomic E-state index is 12.4. The summed E-state index contributed by atoms with van der Waals surface area (Å²) in [5.41, 5.74) is 5.56. The number of ether oxygens (including phenoxy) is 2. The fraction of sp³-hybridized carbons (Fsp3) is 0.214. The van der Waals surface area contributed by atoms with Gasteiger partial charge in [0.1, 0.15) is 17.8 Å². The van der Waals surface area contributed by atoms with Gasteiger partial charge in [-0.3, -0.25) is 0 Å². The van der Waals surface area contributed by atoms with E-state index >= 15 is 0 Å². The largest absolute Gasteiger partial charge is 0.573 e. The fourth-order valence-corrected chi connectivity index (χ4v) is 5.24. The van der Waals surface area contributed by atoms with Gasteiger partial charge in [0.2, 0.25) is 0 Å². The Balaban J connectivity index is 1.26. The van der Waals surface area contributed by atoms with Crippen molar-refractivity contribution in [2.75, 3.05) is 24.3 Å². The number of thioether (sulfide) groups is 1. The Morgan fingerprint density at radius 2 is 1.68 bits per heavy atom. The summed E-state index contributed by atoms with van der Waals surface area (Å²) >= 11 is 1.67. The van der Waals surface area contributed by atoms with Crippen LogP contribution in [0, 0.1) is 13.8 Å². The predicted molar refractivity (Wildman–Crippen MR) is 151 cm³/mol. The van der Waals surface area contributed by atoms with Crippen LogP contribution in [0.2, 0.25) is 0 Å². The minimum absolute atomic E-state index is 0.302. The van der Waals surface area contributed by atoms with E-state index in [-0.39, 0.29) is 5.75 Å². The van der Waals surface area contributed by atoms with Crippen LogP contribution in [0.5, 0.6) is 11.5 Å². The van der Waals surface area contributed by atoms with Crippen LogP contribution in [0.25, 0.3) is 17.1 Å². The summed E-state index contributed by atoms with van der Waals surface area (Å²) in [6.07, 6.45) is -1.55. The molecule has 4 aromatic rings. The molecule has 0 saturated carbocycles. The molecule has 40 heavy (non-hydrogen) atoms. The van der Waals surface area contributed by atoms with Gasteiger partial charge in [-0.2, -0.15) is 5.10 Å². The Morgan fingerprint density at radius 1 is 0.975 bits per heavy atom. The topological polar surface area (TPSA) is 77.1 Å². The second-order valence-corrected chi connectivity index (χ2v) is 9.98. The van der Waals surface area contributed by atoms with Crippen molar-refractivity contribution in [1.29, 1.82) is 0 Å². The summed E-state index contributed by atoms with van der Waals surface area (Å²) in [4.78, 5) is 6.51. The summed E-state index contributed by atoms with van der Waals surface area (Å²) in [6.45, 7) is 4.99. The minimum atomic E-state index is -4.74. The molecule has 12 heteroatoms. The molecule has 0 atom stereocenters. The lowest BCUT2D eigenvalue weighted by atomic mass is 10.1. The molecular weight excluding hydrogens is 541 g/mol. The number of methoxy groups -OCH3 is 1. The number of rotatable bonds is 7. The molecule has 0 unspecified atom stereocenters. The fourth-order valence-electron chi connectivity index (χ4n) is 4.34. The van der Waals surface area contributed by atoms with Gasteiger partial charge in [0.05, 0.1) is 19.0 Å². The maximum Gasteiger partial charge on any atom is 0.573 e. The summed E-state index contributed by atoms with van der Waals surface area (Å²) in [5, 5.41) is 14.1. The Kier molecular flexibility index (Phi) is 7.78. The number of alkyl halides is 3. The molecule has 2 heterocycles. The van der Waals surface area contributed by atoms with Crippen LogP contribution in [0.15, 0.2) is 77.2 Å². The lowest BCUT2D eigenvalue weighted by Gasteiger charge is -2.22. The first kappa shape index (κ1) is 27.3. The molecule has 5 rings (SSSR count). The Bertz CT molecular complexity index is 1530. The van der Waals surface area contributed by atoms with E-state index in [1.165, 1.54) is 35.3 Å². The van der Waals surface area contributed by atoms with Gasteiger partial charge >= 0.3 is 6.36 Å². The second kappa shape index (κ2) is 11.4. The van der Waals surface area contributed by atoms with E-state index in [2.05, 4.69) is 43.8 Å².